The number of hydrazine groups is 1. The van der Waals surface area contributed by atoms with E-state index in [9.17, 15) is 9.59 Å². The summed E-state index contributed by atoms with van der Waals surface area (Å²) < 4.78 is 5.50. The van der Waals surface area contributed by atoms with Gasteiger partial charge in [0.05, 0.1) is 12.6 Å². The molecule has 0 saturated carbocycles. The van der Waals surface area contributed by atoms with Crippen LogP contribution >= 0.6 is 0 Å². The lowest BCUT2D eigenvalue weighted by Crippen LogP contribution is -2.49. The average molecular weight is 421 g/mol. The van der Waals surface area contributed by atoms with Gasteiger partial charge in [0.15, 0.2) is 0 Å². The van der Waals surface area contributed by atoms with Crippen molar-refractivity contribution in [3.8, 4) is 5.75 Å². The van der Waals surface area contributed by atoms with Gasteiger partial charge in [-0.3, -0.25) is 9.59 Å². The standard InChI is InChI=1S/C24H28N4O3/c1-3-17-5-9-19(10-6-17)25-23(29)16-27-13-14-28-22(24(27)30)15-21(26-28)18-7-11-20(12-8-18)31-4-2/h5-14,21-22,26H,3-4,15-16H2,1-2H3,(H,25,29). The van der Waals surface area contributed by atoms with Gasteiger partial charge in [0.25, 0.3) is 5.91 Å². The van der Waals surface area contributed by atoms with Gasteiger partial charge in [0.1, 0.15) is 18.3 Å². The molecule has 2 heterocycles. The first-order valence-corrected chi connectivity index (χ1v) is 10.7. The maximum atomic E-state index is 13.0. The maximum Gasteiger partial charge on any atom is 0.251 e. The Bertz CT molecular complexity index is 956. The molecule has 0 radical (unpaired) electrons. The number of fused-ring (bicyclic) bond motifs is 1. The van der Waals surface area contributed by atoms with Gasteiger partial charge in [0, 0.05) is 18.1 Å². The molecule has 2 N–H and O–H groups in total. The molecule has 162 valence electrons. The van der Waals surface area contributed by atoms with E-state index >= 15 is 0 Å². The van der Waals surface area contributed by atoms with Crippen LogP contribution in [0.15, 0.2) is 60.9 Å². The first-order valence-electron chi connectivity index (χ1n) is 10.7. The molecule has 31 heavy (non-hydrogen) atoms. The maximum absolute atomic E-state index is 13.0. The van der Waals surface area contributed by atoms with Crippen LogP contribution in [0.1, 0.15) is 37.4 Å². The highest BCUT2D eigenvalue weighted by molar-refractivity contribution is 5.96. The minimum Gasteiger partial charge on any atom is -0.494 e. The number of hydrogen-bond acceptors (Lipinski definition) is 5. The molecule has 0 aromatic heterocycles. The van der Waals surface area contributed by atoms with Gasteiger partial charge in [-0.05, 0) is 55.2 Å². The Kier molecular flexibility index (Phi) is 6.23. The molecule has 2 aromatic carbocycles. The summed E-state index contributed by atoms with van der Waals surface area (Å²) in [7, 11) is 0. The van der Waals surface area contributed by atoms with Crippen molar-refractivity contribution >= 4 is 17.5 Å². The van der Waals surface area contributed by atoms with Crippen molar-refractivity contribution < 1.29 is 14.3 Å². The summed E-state index contributed by atoms with van der Waals surface area (Å²) in [6.07, 6.45) is 5.06. The molecule has 0 spiro atoms. The monoisotopic (exact) mass is 420 g/mol. The lowest BCUT2D eigenvalue weighted by Gasteiger charge is -2.31. The first-order chi connectivity index (χ1) is 15.1. The summed E-state index contributed by atoms with van der Waals surface area (Å²) in [5, 5.41) is 4.70. The number of amides is 2. The predicted octanol–water partition coefficient (Wildman–Crippen LogP) is 3.22. The Balaban J connectivity index is 1.35. The largest absolute Gasteiger partial charge is 0.494 e. The second-order valence-electron chi connectivity index (χ2n) is 7.71. The second kappa shape index (κ2) is 9.22. The minimum absolute atomic E-state index is 0.0110. The first kappa shape index (κ1) is 20.9. The summed E-state index contributed by atoms with van der Waals surface area (Å²) >= 11 is 0. The molecular formula is C24H28N4O3. The summed E-state index contributed by atoms with van der Waals surface area (Å²) in [6.45, 7) is 4.66. The van der Waals surface area contributed by atoms with Crippen LogP contribution in [0.5, 0.6) is 5.75 Å². The Labute approximate surface area is 182 Å². The Hall–Kier alpha value is -3.32. The Morgan fingerprint density at radius 1 is 1.10 bits per heavy atom. The molecule has 1 fully saturated rings. The summed E-state index contributed by atoms with van der Waals surface area (Å²) in [6, 6.07) is 15.4. The second-order valence-corrected chi connectivity index (χ2v) is 7.71. The molecule has 2 aromatic rings. The van der Waals surface area contributed by atoms with E-state index in [0.717, 1.165) is 23.4 Å². The molecule has 7 nitrogen and oxygen atoms in total. The zero-order chi connectivity index (χ0) is 21.8. The van der Waals surface area contributed by atoms with Crippen LogP contribution in [-0.4, -0.2) is 40.9 Å². The fourth-order valence-corrected chi connectivity index (χ4v) is 3.93. The van der Waals surface area contributed by atoms with Gasteiger partial charge >= 0.3 is 0 Å². The van der Waals surface area contributed by atoms with Crippen molar-refractivity contribution in [3.63, 3.8) is 0 Å². The quantitative estimate of drug-likeness (QED) is 0.720. The van der Waals surface area contributed by atoms with E-state index in [2.05, 4.69) is 17.7 Å². The van der Waals surface area contributed by atoms with E-state index in [-0.39, 0.29) is 30.4 Å². The predicted molar refractivity (Wildman–Crippen MR) is 119 cm³/mol. The Morgan fingerprint density at radius 3 is 2.52 bits per heavy atom. The molecule has 2 aliphatic heterocycles. The lowest BCUT2D eigenvalue weighted by molar-refractivity contribution is -0.137. The third-order valence-corrected chi connectivity index (χ3v) is 5.63. The molecule has 2 aliphatic rings. The van der Waals surface area contributed by atoms with Crippen molar-refractivity contribution in [1.29, 1.82) is 0 Å². The van der Waals surface area contributed by atoms with Crippen molar-refractivity contribution in [2.24, 2.45) is 0 Å². The number of carbonyl (C=O) groups excluding carboxylic acids is 2. The summed E-state index contributed by atoms with van der Waals surface area (Å²) in [5.41, 5.74) is 6.41. The smallest absolute Gasteiger partial charge is 0.251 e. The zero-order valence-electron chi connectivity index (χ0n) is 17.9. The van der Waals surface area contributed by atoms with Gasteiger partial charge in [-0.15, -0.1) is 0 Å². The normalized spacial score (nSPS) is 20.0. The SMILES string of the molecule is CCOc1ccc(C2CC3C(=O)N(CC(=O)Nc4ccc(CC)cc4)C=CN3N2)cc1. The topological polar surface area (TPSA) is 73.9 Å². The molecule has 4 rings (SSSR count). The fourth-order valence-electron chi connectivity index (χ4n) is 3.93. The number of carbonyl (C=O) groups is 2. The summed E-state index contributed by atoms with van der Waals surface area (Å²) in [5.74, 6) is 0.532. The van der Waals surface area contributed by atoms with Gasteiger partial charge in [-0.1, -0.05) is 31.2 Å². The van der Waals surface area contributed by atoms with Crippen LogP contribution in [0.25, 0.3) is 0 Å². The van der Waals surface area contributed by atoms with Crippen LogP contribution in [0.2, 0.25) is 0 Å². The highest BCUT2D eigenvalue weighted by Gasteiger charge is 2.40. The highest BCUT2D eigenvalue weighted by Crippen LogP contribution is 2.31. The van der Waals surface area contributed by atoms with Crippen molar-refractivity contribution in [3.05, 3.63) is 72.1 Å². The van der Waals surface area contributed by atoms with Crippen LogP contribution in [0.4, 0.5) is 5.69 Å². The molecule has 2 amide bonds. The van der Waals surface area contributed by atoms with E-state index < -0.39 is 0 Å². The number of aryl methyl sites for hydroxylation is 1. The van der Waals surface area contributed by atoms with Crippen LogP contribution in [-0.2, 0) is 16.0 Å². The van der Waals surface area contributed by atoms with Crippen molar-refractivity contribution in [2.75, 3.05) is 18.5 Å². The highest BCUT2D eigenvalue weighted by atomic mass is 16.5. The molecule has 1 saturated heterocycles. The van der Waals surface area contributed by atoms with Gasteiger partial charge in [0.2, 0.25) is 5.91 Å². The number of benzene rings is 2. The summed E-state index contributed by atoms with van der Waals surface area (Å²) in [4.78, 5) is 26.9. The molecule has 0 aliphatic carbocycles. The van der Waals surface area contributed by atoms with E-state index in [1.54, 1.807) is 6.20 Å². The lowest BCUT2D eigenvalue weighted by atomic mass is 10.0. The van der Waals surface area contributed by atoms with Crippen LogP contribution in [0, 0.1) is 0 Å². The average Bonchev–Trinajstić information content (AvgIpc) is 3.22. The van der Waals surface area contributed by atoms with Gasteiger partial charge in [-0.25, -0.2) is 5.43 Å². The molecule has 2 unspecified atom stereocenters. The molecule has 0 bridgehead atoms. The van der Waals surface area contributed by atoms with E-state index in [1.165, 1.54) is 10.5 Å². The van der Waals surface area contributed by atoms with Crippen LogP contribution < -0.4 is 15.5 Å². The fraction of sp³-hybridized carbons (Fsp3) is 0.333. The third kappa shape index (κ3) is 4.72. The number of rotatable bonds is 7. The van der Waals surface area contributed by atoms with E-state index in [4.69, 9.17) is 4.74 Å². The molecular weight excluding hydrogens is 392 g/mol. The molecule has 7 heteroatoms. The van der Waals surface area contributed by atoms with Crippen molar-refractivity contribution in [1.82, 2.24) is 15.3 Å². The van der Waals surface area contributed by atoms with Gasteiger partial charge in [-0.2, -0.15) is 0 Å². The van der Waals surface area contributed by atoms with Crippen molar-refractivity contribution in [2.45, 2.75) is 38.8 Å². The van der Waals surface area contributed by atoms with Gasteiger partial charge < -0.3 is 20.0 Å². The number of nitrogens with one attached hydrogen (secondary N) is 2. The number of nitrogens with zero attached hydrogens (tertiary/aromatic N) is 2. The van der Waals surface area contributed by atoms with Crippen LogP contribution in [0.3, 0.4) is 0 Å². The number of ether oxygens (including phenoxy) is 1. The number of anilines is 1. The number of hydrogen-bond donors (Lipinski definition) is 2. The van der Waals surface area contributed by atoms with E-state index in [1.807, 2.05) is 66.7 Å². The molecule has 2 atom stereocenters. The van der Waals surface area contributed by atoms with E-state index in [0.29, 0.717) is 13.0 Å². The Morgan fingerprint density at radius 2 is 1.84 bits per heavy atom. The minimum atomic E-state index is -0.335. The third-order valence-electron chi connectivity index (χ3n) is 5.63. The zero-order valence-corrected chi connectivity index (χ0v) is 17.9.